The van der Waals surface area contributed by atoms with Crippen LogP contribution in [0.2, 0.25) is 0 Å². The number of halogens is 2. The number of carbonyl (C=O) groups is 2. The van der Waals surface area contributed by atoms with Crippen molar-refractivity contribution >= 4 is 57.0 Å². The summed E-state index contributed by atoms with van der Waals surface area (Å²) in [5, 5.41) is 21.5. The maximum atomic E-state index is 10.5. The molecule has 0 atom stereocenters. The van der Waals surface area contributed by atoms with Gasteiger partial charge >= 0.3 is 57.0 Å². The zero-order chi connectivity index (χ0) is 10.1. The molecule has 3 N–H and O–H groups in total. The molecule has 74 valence electrons. The van der Waals surface area contributed by atoms with Crippen LogP contribution in [0, 0.1) is 0 Å². The Balaban J connectivity index is -0.0000000424. The van der Waals surface area contributed by atoms with E-state index in [1.54, 1.807) is 0 Å². The van der Waals surface area contributed by atoms with Gasteiger partial charge in [-0.25, -0.2) is 19.5 Å². The third kappa shape index (κ3) is 18.8. The Kier molecular flexibility index (Phi) is 17.3. The molecule has 0 rings (SSSR count). The van der Waals surface area contributed by atoms with Gasteiger partial charge in [0.25, 0.3) is 0 Å². The van der Waals surface area contributed by atoms with Crippen LogP contribution in [0.3, 0.4) is 0 Å². The van der Waals surface area contributed by atoms with E-state index >= 15 is 0 Å². The SMILES string of the molecule is O=C(OF)C(=O)OF.OB(O)O.[Ca+2].[H-].[H-]. The average molecular weight is 230 g/mol. The second kappa shape index (κ2) is 12.0. The summed E-state index contributed by atoms with van der Waals surface area (Å²) in [6.07, 6.45) is 0. The first-order valence-corrected chi connectivity index (χ1v) is 2.15. The Morgan fingerprint density at radius 3 is 1.31 bits per heavy atom. The van der Waals surface area contributed by atoms with Gasteiger partial charge in [-0.05, 0) is 0 Å². The van der Waals surface area contributed by atoms with E-state index in [1.807, 2.05) is 0 Å². The van der Waals surface area contributed by atoms with Crippen LogP contribution in [-0.4, -0.2) is 72.1 Å². The standard InChI is InChI=1S/C2F2O4.BH3O3.Ca.2H/c3-7-1(5)2(6)8-4;2-1(3)4;;;/h;2-4H;;;/q;;+2;2*-1. The summed E-state index contributed by atoms with van der Waals surface area (Å²) >= 11 is 0. The number of hydrogen-bond acceptors (Lipinski definition) is 7. The van der Waals surface area contributed by atoms with Gasteiger partial charge in [0.15, 0.2) is 0 Å². The van der Waals surface area contributed by atoms with Crippen LogP contribution < -0.4 is 0 Å². The minimum atomic E-state index is -2.17. The molecule has 0 aliphatic carbocycles. The van der Waals surface area contributed by atoms with Crippen molar-refractivity contribution in [1.29, 1.82) is 0 Å². The van der Waals surface area contributed by atoms with E-state index in [2.05, 4.69) is 9.88 Å². The smallest absolute Gasteiger partial charge is 1.00 e. The molecule has 0 aromatic rings. The maximum Gasteiger partial charge on any atom is 2.00 e. The van der Waals surface area contributed by atoms with Crippen molar-refractivity contribution in [2.45, 2.75) is 0 Å². The van der Waals surface area contributed by atoms with Crippen molar-refractivity contribution < 1.29 is 46.4 Å². The molecule has 0 fully saturated rings. The van der Waals surface area contributed by atoms with Gasteiger partial charge in [-0.3, -0.25) is 0 Å². The van der Waals surface area contributed by atoms with Crippen molar-refractivity contribution in [2.75, 3.05) is 0 Å². The third-order valence-electron chi connectivity index (χ3n) is 0.307. The molecule has 0 radical (unpaired) electrons. The zero-order valence-corrected chi connectivity index (χ0v) is 8.22. The first-order chi connectivity index (χ1) is 5.45. The third-order valence-corrected chi connectivity index (χ3v) is 0.307. The van der Waals surface area contributed by atoms with Crippen molar-refractivity contribution in [3.05, 3.63) is 0 Å². The molecule has 0 aromatic carbocycles. The molecule has 11 heteroatoms. The van der Waals surface area contributed by atoms with E-state index in [4.69, 9.17) is 15.1 Å². The Bertz CT molecular complexity index is 145. The van der Waals surface area contributed by atoms with Crippen LogP contribution in [-0.2, 0) is 19.5 Å². The van der Waals surface area contributed by atoms with Gasteiger partial charge in [-0.1, -0.05) is 0 Å². The van der Waals surface area contributed by atoms with Gasteiger partial charge in [0.05, 0.1) is 0 Å². The molecule has 0 heterocycles. The Morgan fingerprint density at radius 2 is 1.23 bits per heavy atom. The molecule has 0 aliphatic heterocycles. The molecule has 0 aromatic heterocycles. The van der Waals surface area contributed by atoms with E-state index in [-0.39, 0.29) is 40.6 Å². The van der Waals surface area contributed by atoms with Crippen LogP contribution in [0.15, 0.2) is 0 Å². The fourth-order valence-corrected chi connectivity index (χ4v) is 0.0630. The van der Waals surface area contributed by atoms with E-state index in [1.165, 1.54) is 0 Å². The maximum absolute atomic E-state index is 10.5. The van der Waals surface area contributed by atoms with Gasteiger partial charge < -0.3 is 17.9 Å². The molecular weight excluding hydrogens is 225 g/mol. The largest absolute Gasteiger partial charge is 2.00 e. The molecule has 13 heavy (non-hydrogen) atoms. The second-order valence-electron chi connectivity index (χ2n) is 1.08. The summed E-state index contributed by atoms with van der Waals surface area (Å²) in [4.78, 5) is 23.4. The number of carbonyl (C=O) groups excluding carboxylic acids is 2. The molecule has 0 amide bonds. The molecule has 0 aliphatic rings. The quantitative estimate of drug-likeness (QED) is 0.315. The van der Waals surface area contributed by atoms with Gasteiger partial charge in [0, 0.05) is 9.05 Å². The van der Waals surface area contributed by atoms with Gasteiger partial charge in [0.1, 0.15) is 0 Å². The molecule has 0 bridgehead atoms. The zero-order valence-electron chi connectivity index (χ0n) is 8.02. The van der Waals surface area contributed by atoms with Gasteiger partial charge in [-0.2, -0.15) is 0 Å². The predicted molar refractivity (Wildman–Crippen MR) is 34.8 cm³/mol. The molecular formula is C2H5BCaF2O7. The molecule has 0 spiro atoms. The molecule has 0 saturated heterocycles. The predicted octanol–water partition coefficient (Wildman–Crippen LogP) is -2.37. The summed E-state index contributed by atoms with van der Waals surface area (Å²) in [5.74, 6) is -4.04. The monoisotopic (exact) mass is 230 g/mol. The number of hydrogen-bond donors (Lipinski definition) is 3. The number of rotatable bonds is 0. The normalized spacial score (nSPS) is 6.85. The van der Waals surface area contributed by atoms with E-state index < -0.39 is 19.3 Å². The summed E-state index contributed by atoms with van der Waals surface area (Å²) in [6.45, 7) is 0. The molecule has 7 nitrogen and oxygen atoms in total. The van der Waals surface area contributed by atoms with Crippen molar-refractivity contribution in [2.24, 2.45) is 0 Å². The fraction of sp³-hybridized carbons (Fsp3) is 0. The Morgan fingerprint density at radius 1 is 1.08 bits per heavy atom. The van der Waals surface area contributed by atoms with Gasteiger partial charge in [-0.15, -0.1) is 0 Å². The fourth-order valence-electron chi connectivity index (χ4n) is 0.0630. The van der Waals surface area contributed by atoms with Crippen LogP contribution in [0.4, 0.5) is 9.05 Å². The first kappa shape index (κ1) is 18.7. The van der Waals surface area contributed by atoms with E-state index in [0.29, 0.717) is 0 Å². The minimum absolute atomic E-state index is 0. The van der Waals surface area contributed by atoms with Crippen molar-refractivity contribution in [3.63, 3.8) is 0 Å². The Hall–Kier alpha value is 0.00468. The molecule has 0 unspecified atom stereocenters. The van der Waals surface area contributed by atoms with E-state index in [0.717, 1.165) is 0 Å². The summed E-state index contributed by atoms with van der Waals surface area (Å²) in [7, 11) is -2.17. The minimum Gasteiger partial charge on any atom is -1.00 e. The van der Waals surface area contributed by atoms with Crippen LogP contribution >= 0.6 is 0 Å². The topological polar surface area (TPSA) is 113 Å². The average Bonchev–Trinajstić information content (AvgIpc) is 2.00. The summed E-state index contributed by atoms with van der Waals surface area (Å²) in [6, 6.07) is 0. The summed E-state index contributed by atoms with van der Waals surface area (Å²) < 4.78 is 21.0. The van der Waals surface area contributed by atoms with Crippen LogP contribution in [0.25, 0.3) is 0 Å². The first-order valence-electron chi connectivity index (χ1n) is 2.15. The Labute approximate surface area is 103 Å². The molecule has 0 saturated carbocycles. The van der Waals surface area contributed by atoms with Crippen molar-refractivity contribution in [3.8, 4) is 0 Å². The van der Waals surface area contributed by atoms with E-state index in [9.17, 15) is 18.6 Å². The summed E-state index contributed by atoms with van der Waals surface area (Å²) in [5.41, 5.74) is 0. The van der Waals surface area contributed by atoms with Gasteiger partial charge in [0.2, 0.25) is 0 Å². The second-order valence-corrected chi connectivity index (χ2v) is 1.08. The van der Waals surface area contributed by atoms with Crippen LogP contribution in [0.1, 0.15) is 2.85 Å². The van der Waals surface area contributed by atoms with Crippen molar-refractivity contribution in [1.82, 2.24) is 0 Å². The van der Waals surface area contributed by atoms with Crippen LogP contribution in [0.5, 0.6) is 0 Å².